The van der Waals surface area contributed by atoms with E-state index in [0.29, 0.717) is 23.3 Å². The number of aromatic nitrogens is 1. The molecule has 1 aromatic carbocycles. The van der Waals surface area contributed by atoms with Crippen LogP contribution >= 0.6 is 22.9 Å². The summed E-state index contributed by atoms with van der Waals surface area (Å²) in [6, 6.07) is 7.79. The molecule has 1 aromatic heterocycles. The number of nitrogens with one attached hydrogen (secondary N) is 2. The number of hydrogen-bond donors (Lipinski definition) is 2. The van der Waals surface area contributed by atoms with Crippen molar-refractivity contribution in [1.82, 2.24) is 15.6 Å². The smallest absolute Gasteiger partial charge is 0.271 e. The van der Waals surface area contributed by atoms with E-state index < -0.39 is 0 Å². The van der Waals surface area contributed by atoms with Crippen molar-refractivity contribution in [3.63, 3.8) is 0 Å². The molecular formula is C15H16ClN3OS. The number of rotatable bonds is 4. The Hall–Kier alpha value is -1.43. The summed E-state index contributed by atoms with van der Waals surface area (Å²) in [6.45, 7) is 1.44. The first-order valence-electron chi connectivity index (χ1n) is 6.94. The Bertz CT molecular complexity index is 637. The lowest BCUT2D eigenvalue weighted by Crippen LogP contribution is -2.23. The standard InChI is InChI=1S/C15H16ClN3OS/c16-11-5-2-1-4-10(11)8-18-14(20)13-9-21-15(19-13)12-6-3-7-17-12/h1-2,4-5,9,12,17H,3,6-8H2,(H,18,20). The fourth-order valence-electron chi connectivity index (χ4n) is 2.36. The molecular weight excluding hydrogens is 306 g/mol. The van der Waals surface area contributed by atoms with Gasteiger partial charge in [0.15, 0.2) is 0 Å². The van der Waals surface area contributed by atoms with Crippen LogP contribution in [0.2, 0.25) is 5.02 Å². The molecule has 4 nitrogen and oxygen atoms in total. The third-order valence-electron chi connectivity index (χ3n) is 3.51. The van der Waals surface area contributed by atoms with Gasteiger partial charge in [-0.1, -0.05) is 29.8 Å². The van der Waals surface area contributed by atoms with Gasteiger partial charge in [-0.05, 0) is 31.0 Å². The third-order valence-corrected chi connectivity index (χ3v) is 4.84. The summed E-state index contributed by atoms with van der Waals surface area (Å²) in [5.74, 6) is -0.157. The Morgan fingerprint density at radius 2 is 2.33 bits per heavy atom. The molecule has 1 fully saturated rings. The van der Waals surface area contributed by atoms with Crippen LogP contribution in [0.4, 0.5) is 0 Å². The van der Waals surface area contributed by atoms with E-state index in [1.807, 2.05) is 29.6 Å². The summed E-state index contributed by atoms with van der Waals surface area (Å²) in [5.41, 5.74) is 1.39. The quantitative estimate of drug-likeness (QED) is 0.909. The lowest BCUT2D eigenvalue weighted by Gasteiger charge is -2.06. The monoisotopic (exact) mass is 321 g/mol. The number of halogens is 1. The maximum Gasteiger partial charge on any atom is 0.271 e. The van der Waals surface area contributed by atoms with Gasteiger partial charge >= 0.3 is 0 Å². The number of carbonyl (C=O) groups excluding carboxylic acids is 1. The van der Waals surface area contributed by atoms with Gasteiger partial charge in [0.05, 0.1) is 6.04 Å². The van der Waals surface area contributed by atoms with Gasteiger partial charge in [0, 0.05) is 16.9 Å². The summed E-state index contributed by atoms with van der Waals surface area (Å²) in [6.07, 6.45) is 2.26. The molecule has 0 bridgehead atoms. The number of carbonyl (C=O) groups is 1. The number of amides is 1. The van der Waals surface area contributed by atoms with E-state index in [1.54, 1.807) is 0 Å². The van der Waals surface area contributed by atoms with E-state index in [-0.39, 0.29) is 5.91 Å². The topological polar surface area (TPSA) is 54.0 Å². The van der Waals surface area contributed by atoms with E-state index >= 15 is 0 Å². The summed E-state index contributed by atoms with van der Waals surface area (Å²) in [4.78, 5) is 16.6. The van der Waals surface area contributed by atoms with Crippen LogP contribution in [-0.2, 0) is 6.54 Å². The Kier molecular flexibility index (Phi) is 4.53. The molecule has 0 aliphatic carbocycles. The van der Waals surface area contributed by atoms with Crippen LogP contribution in [-0.4, -0.2) is 17.4 Å². The summed E-state index contributed by atoms with van der Waals surface area (Å²) >= 11 is 7.61. The van der Waals surface area contributed by atoms with Crippen molar-refractivity contribution >= 4 is 28.8 Å². The van der Waals surface area contributed by atoms with Gasteiger partial charge < -0.3 is 10.6 Å². The maximum atomic E-state index is 12.1. The lowest BCUT2D eigenvalue weighted by atomic mass is 10.2. The zero-order valence-corrected chi connectivity index (χ0v) is 13.0. The zero-order valence-electron chi connectivity index (χ0n) is 11.4. The predicted molar refractivity (Wildman–Crippen MR) is 84.7 cm³/mol. The van der Waals surface area contributed by atoms with E-state index in [4.69, 9.17) is 11.6 Å². The molecule has 2 aromatic rings. The summed E-state index contributed by atoms with van der Waals surface area (Å²) in [7, 11) is 0. The molecule has 21 heavy (non-hydrogen) atoms. The van der Waals surface area contributed by atoms with Gasteiger partial charge in [0.1, 0.15) is 10.7 Å². The molecule has 1 aliphatic heterocycles. The Balaban J connectivity index is 1.62. The number of benzene rings is 1. The van der Waals surface area contributed by atoms with Crippen molar-refractivity contribution in [1.29, 1.82) is 0 Å². The van der Waals surface area contributed by atoms with Crippen LogP contribution in [0, 0.1) is 0 Å². The fourth-order valence-corrected chi connectivity index (χ4v) is 3.47. The molecule has 1 amide bonds. The van der Waals surface area contributed by atoms with E-state index in [1.165, 1.54) is 11.3 Å². The molecule has 2 heterocycles. The van der Waals surface area contributed by atoms with E-state index in [2.05, 4.69) is 15.6 Å². The Morgan fingerprint density at radius 3 is 3.10 bits per heavy atom. The molecule has 0 spiro atoms. The molecule has 1 atom stereocenters. The van der Waals surface area contributed by atoms with Crippen LogP contribution in [0.5, 0.6) is 0 Å². The average Bonchev–Trinajstić information content (AvgIpc) is 3.16. The summed E-state index contributed by atoms with van der Waals surface area (Å²) < 4.78 is 0. The van der Waals surface area contributed by atoms with Gasteiger partial charge in [0.2, 0.25) is 0 Å². The maximum absolute atomic E-state index is 12.1. The van der Waals surface area contributed by atoms with Crippen molar-refractivity contribution in [2.45, 2.75) is 25.4 Å². The number of thiazole rings is 1. The molecule has 0 radical (unpaired) electrons. The molecule has 110 valence electrons. The Morgan fingerprint density at radius 1 is 1.48 bits per heavy atom. The molecule has 1 aliphatic rings. The molecule has 3 rings (SSSR count). The zero-order chi connectivity index (χ0) is 14.7. The molecule has 6 heteroatoms. The van der Waals surface area contributed by atoms with Gasteiger partial charge in [-0.3, -0.25) is 4.79 Å². The first kappa shape index (κ1) is 14.5. The van der Waals surface area contributed by atoms with Crippen molar-refractivity contribution in [3.05, 3.63) is 50.9 Å². The van der Waals surface area contributed by atoms with Crippen molar-refractivity contribution < 1.29 is 4.79 Å². The van der Waals surface area contributed by atoms with E-state index in [9.17, 15) is 4.79 Å². The van der Waals surface area contributed by atoms with Crippen LogP contribution in [0.15, 0.2) is 29.6 Å². The second-order valence-corrected chi connectivity index (χ2v) is 6.29. The van der Waals surface area contributed by atoms with Crippen LogP contribution in [0.3, 0.4) is 0 Å². The van der Waals surface area contributed by atoms with Crippen LogP contribution in [0.1, 0.15) is 39.9 Å². The largest absolute Gasteiger partial charge is 0.347 e. The van der Waals surface area contributed by atoms with Crippen LogP contribution in [0.25, 0.3) is 0 Å². The normalized spacial score (nSPS) is 17.9. The van der Waals surface area contributed by atoms with E-state index in [0.717, 1.165) is 30.0 Å². The fraction of sp³-hybridized carbons (Fsp3) is 0.333. The molecule has 1 unspecified atom stereocenters. The minimum absolute atomic E-state index is 0.157. The first-order valence-corrected chi connectivity index (χ1v) is 8.20. The average molecular weight is 322 g/mol. The van der Waals surface area contributed by atoms with Gasteiger partial charge in [0.25, 0.3) is 5.91 Å². The molecule has 2 N–H and O–H groups in total. The first-order chi connectivity index (χ1) is 10.2. The highest BCUT2D eigenvalue weighted by Crippen LogP contribution is 2.25. The lowest BCUT2D eigenvalue weighted by molar-refractivity contribution is 0.0946. The van der Waals surface area contributed by atoms with Crippen molar-refractivity contribution in [2.75, 3.05) is 6.54 Å². The number of nitrogens with zero attached hydrogens (tertiary/aromatic N) is 1. The predicted octanol–water partition coefficient (Wildman–Crippen LogP) is 3.15. The van der Waals surface area contributed by atoms with Gasteiger partial charge in [-0.25, -0.2) is 4.98 Å². The second kappa shape index (κ2) is 6.56. The minimum atomic E-state index is -0.157. The van der Waals surface area contributed by atoms with Gasteiger partial charge in [-0.2, -0.15) is 0 Å². The highest BCUT2D eigenvalue weighted by Gasteiger charge is 2.21. The molecule has 0 saturated carbocycles. The highest BCUT2D eigenvalue weighted by molar-refractivity contribution is 7.09. The highest BCUT2D eigenvalue weighted by atomic mass is 35.5. The number of hydrogen-bond acceptors (Lipinski definition) is 4. The van der Waals surface area contributed by atoms with Crippen molar-refractivity contribution in [3.8, 4) is 0 Å². The third kappa shape index (κ3) is 3.43. The van der Waals surface area contributed by atoms with Crippen molar-refractivity contribution in [2.24, 2.45) is 0 Å². The SMILES string of the molecule is O=C(NCc1ccccc1Cl)c1csc(C2CCCN2)n1. The summed E-state index contributed by atoms with van der Waals surface area (Å²) in [5, 5.41) is 9.72. The molecule has 1 saturated heterocycles. The van der Waals surface area contributed by atoms with Crippen LogP contribution < -0.4 is 10.6 Å². The minimum Gasteiger partial charge on any atom is -0.347 e. The van der Waals surface area contributed by atoms with Gasteiger partial charge in [-0.15, -0.1) is 11.3 Å². The second-order valence-electron chi connectivity index (χ2n) is 4.99. The Labute approximate surface area is 132 Å².